The molecule has 0 aliphatic carbocycles. The van der Waals surface area contributed by atoms with Crippen LogP contribution in [0.2, 0.25) is 0 Å². The van der Waals surface area contributed by atoms with E-state index >= 15 is 0 Å². The van der Waals surface area contributed by atoms with Gasteiger partial charge in [0, 0.05) is 19.3 Å². The predicted molar refractivity (Wildman–Crippen MR) is 74.2 cm³/mol. The smallest absolute Gasteiger partial charge is 0.271 e. The molecule has 1 saturated heterocycles. The third-order valence-corrected chi connectivity index (χ3v) is 4.10. The largest absolute Gasteiger partial charge is 0.344 e. The maximum Gasteiger partial charge on any atom is 0.271 e. The first kappa shape index (κ1) is 12.9. The second-order valence-corrected chi connectivity index (χ2v) is 5.30. The number of likely N-dealkylation sites (tertiary alicyclic amines) is 1. The van der Waals surface area contributed by atoms with Gasteiger partial charge in [0.1, 0.15) is 17.8 Å². The topological polar surface area (TPSA) is 66.8 Å². The Morgan fingerprint density at radius 2 is 2.25 bits per heavy atom. The molecule has 20 heavy (non-hydrogen) atoms. The van der Waals surface area contributed by atoms with Crippen molar-refractivity contribution >= 4 is 5.91 Å². The fourth-order valence-electron chi connectivity index (χ4n) is 2.81. The van der Waals surface area contributed by atoms with Crippen LogP contribution in [-0.2, 0) is 7.05 Å². The number of hydrogen-bond donors (Lipinski definition) is 1. The summed E-state index contributed by atoms with van der Waals surface area (Å²) in [7, 11) is 1.93. The summed E-state index contributed by atoms with van der Waals surface area (Å²) in [4.78, 5) is 18.9. The van der Waals surface area contributed by atoms with Gasteiger partial charge >= 0.3 is 0 Å². The fraction of sp³-hybridized carbons (Fsp3) is 0.500. The van der Waals surface area contributed by atoms with Gasteiger partial charge < -0.3 is 9.47 Å². The first-order valence-corrected chi connectivity index (χ1v) is 6.97. The standard InChI is InChI=1S/C14H19N5O/c1-10-6-7-12(18(10)2)14(20)19-8-4-3-5-11(19)13-15-9-16-17-13/h6-7,9,11H,3-5,8H2,1-2H3,(H,15,16,17)/t11-/m0/s1. The van der Waals surface area contributed by atoms with E-state index in [1.165, 1.54) is 6.33 Å². The highest BCUT2D eigenvalue weighted by molar-refractivity contribution is 5.93. The molecule has 0 unspecified atom stereocenters. The number of nitrogens with zero attached hydrogens (tertiary/aromatic N) is 4. The van der Waals surface area contributed by atoms with E-state index in [1.807, 2.05) is 35.6 Å². The van der Waals surface area contributed by atoms with Crippen molar-refractivity contribution in [2.24, 2.45) is 7.05 Å². The number of aromatic amines is 1. The summed E-state index contributed by atoms with van der Waals surface area (Å²) in [5.41, 5.74) is 1.82. The van der Waals surface area contributed by atoms with Gasteiger partial charge in [-0.3, -0.25) is 9.89 Å². The molecule has 3 heterocycles. The normalized spacial score (nSPS) is 19.3. The third-order valence-electron chi connectivity index (χ3n) is 4.10. The number of amides is 1. The first-order valence-electron chi connectivity index (χ1n) is 6.97. The predicted octanol–water partition coefficient (Wildman–Crippen LogP) is 1.82. The van der Waals surface area contributed by atoms with Crippen LogP contribution >= 0.6 is 0 Å². The van der Waals surface area contributed by atoms with Gasteiger partial charge in [-0.05, 0) is 38.3 Å². The summed E-state index contributed by atoms with van der Waals surface area (Å²) in [6.45, 7) is 2.77. The maximum absolute atomic E-state index is 12.8. The van der Waals surface area contributed by atoms with Crippen LogP contribution in [0.4, 0.5) is 0 Å². The zero-order valence-electron chi connectivity index (χ0n) is 11.8. The van der Waals surface area contributed by atoms with Crippen LogP contribution in [0.25, 0.3) is 0 Å². The fourth-order valence-corrected chi connectivity index (χ4v) is 2.81. The van der Waals surface area contributed by atoms with E-state index in [1.54, 1.807) is 0 Å². The average molecular weight is 273 g/mol. The van der Waals surface area contributed by atoms with Crippen molar-refractivity contribution in [2.75, 3.05) is 6.54 Å². The van der Waals surface area contributed by atoms with E-state index < -0.39 is 0 Å². The molecule has 1 aliphatic rings. The number of carbonyl (C=O) groups excluding carboxylic acids is 1. The molecule has 2 aromatic heterocycles. The van der Waals surface area contributed by atoms with Crippen molar-refractivity contribution in [3.8, 4) is 0 Å². The second kappa shape index (κ2) is 5.11. The Morgan fingerprint density at radius 1 is 1.40 bits per heavy atom. The van der Waals surface area contributed by atoms with E-state index in [2.05, 4.69) is 15.2 Å². The lowest BCUT2D eigenvalue weighted by atomic mass is 10.0. The average Bonchev–Trinajstić information content (AvgIpc) is 3.10. The summed E-state index contributed by atoms with van der Waals surface area (Å²) in [6.07, 6.45) is 4.59. The first-order chi connectivity index (χ1) is 9.68. The lowest BCUT2D eigenvalue weighted by Gasteiger charge is -2.34. The number of hydrogen-bond acceptors (Lipinski definition) is 3. The SMILES string of the molecule is Cc1ccc(C(=O)N2CCCC[C@H]2c2ncn[nH]2)n1C. The molecule has 1 amide bonds. The minimum atomic E-state index is 0.00829. The molecule has 0 saturated carbocycles. The lowest BCUT2D eigenvalue weighted by Crippen LogP contribution is -2.39. The monoisotopic (exact) mass is 273 g/mol. The minimum Gasteiger partial charge on any atom is -0.344 e. The molecule has 3 rings (SSSR count). The third kappa shape index (κ3) is 2.11. The van der Waals surface area contributed by atoms with E-state index in [4.69, 9.17) is 0 Å². The van der Waals surface area contributed by atoms with Gasteiger partial charge in [-0.15, -0.1) is 0 Å². The molecule has 1 atom stereocenters. The molecule has 1 aliphatic heterocycles. The highest BCUT2D eigenvalue weighted by Gasteiger charge is 2.31. The van der Waals surface area contributed by atoms with Crippen molar-refractivity contribution < 1.29 is 4.79 Å². The van der Waals surface area contributed by atoms with E-state index in [9.17, 15) is 4.79 Å². The van der Waals surface area contributed by atoms with Gasteiger partial charge in [-0.2, -0.15) is 5.10 Å². The molecule has 106 valence electrons. The number of aryl methyl sites for hydroxylation is 1. The number of nitrogens with one attached hydrogen (secondary N) is 1. The van der Waals surface area contributed by atoms with Crippen LogP contribution in [0.3, 0.4) is 0 Å². The van der Waals surface area contributed by atoms with Gasteiger partial charge in [-0.25, -0.2) is 4.98 Å². The van der Waals surface area contributed by atoms with E-state index in [0.717, 1.165) is 43.0 Å². The van der Waals surface area contributed by atoms with Crippen molar-refractivity contribution in [1.29, 1.82) is 0 Å². The minimum absolute atomic E-state index is 0.00829. The summed E-state index contributed by atoms with van der Waals surface area (Å²) in [6, 6.07) is 3.87. The van der Waals surface area contributed by atoms with Gasteiger partial charge in [0.2, 0.25) is 0 Å². The Balaban J connectivity index is 1.90. The molecule has 6 nitrogen and oxygen atoms in total. The highest BCUT2D eigenvalue weighted by Crippen LogP contribution is 2.30. The van der Waals surface area contributed by atoms with Gasteiger partial charge in [-0.1, -0.05) is 0 Å². The molecule has 0 spiro atoms. The molecular formula is C14H19N5O. The zero-order valence-corrected chi connectivity index (χ0v) is 11.8. The molecular weight excluding hydrogens is 254 g/mol. The molecule has 0 bridgehead atoms. The molecule has 0 radical (unpaired) electrons. The Labute approximate surface area is 117 Å². The molecule has 0 aromatic carbocycles. The van der Waals surface area contributed by atoms with E-state index in [-0.39, 0.29) is 11.9 Å². The number of rotatable bonds is 2. The van der Waals surface area contributed by atoms with Crippen molar-refractivity contribution in [2.45, 2.75) is 32.2 Å². The molecule has 1 fully saturated rings. The van der Waals surface area contributed by atoms with Crippen LogP contribution in [0.1, 0.15) is 47.3 Å². The van der Waals surface area contributed by atoms with E-state index in [0.29, 0.717) is 0 Å². The maximum atomic E-state index is 12.8. The summed E-state index contributed by atoms with van der Waals surface area (Å²) in [5.74, 6) is 0.852. The zero-order chi connectivity index (χ0) is 14.1. The van der Waals surface area contributed by atoms with Crippen molar-refractivity contribution in [3.05, 3.63) is 35.7 Å². The highest BCUT2D eigenvalue weighted by atomic mass is 16.2. The molecule has 2 aromatic rings. The Hall–Kier alpha value is -2.11. The number of aromatic nitrogens is 4. The van der Waals surface area contributed by atoms with Crippen LogP contribution in [0, 0.1) is 6.92 Å². The van der Waals surface area contributed by atoms with Crippen LogP contribution in [0.15, 0.2) is 18.5 Å². The quantitative estimate of drug-likeness (QED) is 0.907. The number of piperidine rings is 1. The van der Waals surface area contributed by atoms with Crippen molar-refractivity contribution in [1.82, 2.24) is 24.6 Å². The second-order valence-electron chi connectivity index (χ2n) is 5.30. The number of carbonyl (C=O) groups is 1. The van der Waals surface area contributed by atoms with Gasteiger partial charge in [0.15, 0.2) is 0 Å². The summed E-state index contributed by atoms with van der Waals surface area (Å²) >= 11 is 0. The van der Waals surface area contributed by atoms with Gasteiger partial charge in [0.05, 0.1) is 6.04 Å². The number of H-pyrrole nitrogens is 1. The summed E-state index contributed by atoms with van der Waals surface area (Å²) < 4.78 is 1.94. The Morgan fingerprint density at radius 3 is 2.90 bits per heavy atom. The van der Waals surface area contributed by atoms with Crippen LogP contribution in [-0.4, -0.2) is 37.1 Å². The van der Waals surface area contributed by atoms with Crippen molar-refractivity contribution in [3.63, 3.8) is 0 Å². The lowest BCUT2D eigenvalue weighted by molar-refractivity contribution is 0.0590. The van der Waals surface area contributed by atoms with Gasteiger partial charge in [0.25, 0.3) is 5.91 Å². The van der Waals surface area contributed by atoms with Crippen LogP contribution in [0.5, 0.6) is 0 Å². The Bertz CT molecular complexity index is 601. The molecule has 1 N–H and O–H groups in total. The summed E-state index contributed by atoms with van der Waals surface area (Å²) in [5, 5.41) is 6.81. The molecule has 6 heteroatoms. The van der Waals surface area contributed by atoms with Crippen LogP contribution < -0.4 is 0 Å². The Kier molecular flexibility index (Phi) is 3.30.